The van der Waals surface area contributed by atoms with Gasteiger partial charge in [0.05, 0.1) is 10.9 Å². The summed E-state index contributed by atoms with van der Waals surface area (Å²) in [4.78, 5) is 51.3. The molecule has 0 aliphatic carbocycles. The van der Waals surface area contributed by atoms with Crippen LogP contribution >= 0.6 is 0 Å². The molecule has 0 saturated carbocycles. The second-order valence-corrected chi connectivity index (χ2v) is 12.6. The van der Waals surface area contributed by atoms with Crippen molar-refractivity contribution in [1.29, 1.82) is 0 Å². The van der Waals surface area contributed by atoms with Gasteiger partial charge in [-0.1, -0.05) is 24.3 Å². The molecule has 46 heavy (non-hydrogen) atoms. The summed E-state index contributed by atoms with van der Waals surface area (Å²) in [5, 5.41) is 2.80. The molecule has 0 radical (unpaired) electrons. The number of alkyl carbamates (subject to hydrolysis) is 1. The first kappa shape index (κ1) is 33.7. The second kappa shape index (κ2) is 13.4. The van der Waals surface area contributed by atoms with Crippen molar-refractivity contribution in [3.63, 3.8) is 0 Å². The molecule has 10 nitrogen and oxygen atoms in total. The lowest BCUT2D eigenvalue weighted by Crippen LogP contribution is -2.46. The number of benzene rings is 3. The van der Waals surface area contributed by atoms with Crippen molar-refractivity contribution in [1.82, 2.24) is 5.32 Å². The first-order valence-electron chi connectivity index (χ1n) is 14.5. The number of nitrogens with one attached hydrogen (secondary N) is 1. The van der Waals surface area contributed by atoms with Crippen molar-refractivity contribution in [2.45, 2.75) is 72.1 Å². The van der Waals surface area contributed by atoms with Crippen LogP contribution in [0.5, 0.6) is 11.5 Å². The maximum absolute atomic E-state index is 13.4. The van der Waals surface area contributed by atoms with Crippen LogP contribution in [-0.2, 0) is 20.7 Å². The van der Waals surface area contributed by atoms with Gasteiger partial charge in [0.15, 0.2) is 0 Å². The average Bonchev–Trinajstić information content (AvgIpc) is 2.92. The fourth-order valence-corrected chi connectivity index (χ4v) is 4.43. The molecule has 242 valence electrons. The highest BCUT2D eigenvalue weighted by molar-refractivity contribution is 5.86. The smallest absolute Gasteiger partial charge is 0.460 e. The van der Waals surface area contributed by atoms with Gasteiger partial charge in [-0.25, -0.2) is 18.8 Å². The lowest BCUT2D eigenvalue weighted by molar-refractivity contribution is -0.136. The van der Waals surface area contributed by atoms with E-state index in [0.29, 0.717) is 22.5 Å². The highest BCUT2D eigenvalue weighted by Gasteiger charge is 2.27. The van der Waals surface area contributed by atoms with Gasteiger partial charge in [-0.05, 0) is 96.0 Å². The van der Waals surface area contributed by atoms with E-state index in [-0.39, 0.29) is 34.3 Å². The number of rotatable bonds is 7. The summed E-state index contributed by atoms with van der Waals surface area (Å²) in [5.74, 6) is -0.626. The molecular formula is C35H36FNO9. The normalized spacial score (nSPS) is 12.3. The highest BCUT2D eigenvalue weighted by atomic mass is 19.1. The Labute approximate surface area is 265 Å². The number of carbonyl (C=O) groups is 3. The summed E-state index contributed by atoms with van der Waals surface area (Å²) in [7, 11) is 0. The highest BCUT2D eigenvalue weighted by Crippen LogP contribution is 2.27. The summed E-state index contributed by atoms with van der Waals surface area (Å²) in [6.07, 6.45) is -1.68. The van der Waals surface area contributed by atoms with Gasteiger partial charge in [0, 0.05) is 12.5 Å². The van der Waals surface area contributed by atoms with Gasteiger partial charge >= 0.3 is 18.2 Å². The molecule has 3 aromatic carbocycles. The predicted molar refractivity (Wildman–Crippen MR) is 168 cm³/mol. The number of ether oxygens (including phenoxy) is 4. The number of halogens is 1. The van der Waals surface area contributed by atoms with Gasteiger partial charge in [-0.15, -0.1) is 0 Å². The Balaban J connectivity index is 1.55. The van der Waals surface area contributed by atoms with E-state index in [2.05, 4.69) is 5.32 Å². The number of esters is 1. The van der Waals surface area contributed by atoms with Crippen LogP contribution in [0.3, 0.4) is 0 Å². The van der Waals surface area contributed by atoms with E-state index in [1.165, 1.54) is 54.6 Å². The van der Waals surface area contributed by atoms with Crippen molar-refractivity contribution >= 4 is 29.2 Å². The molecule has 0 fully saturated rings. The summed E-state index contributed by atoms with van der Waals surface area (Å²) in [5.41, 5.74) is -0.280. The van der Waals surface area contributed by atoms with Crippen LogP contribution in [0, 0.1) is 12.7 Å². The van der Waals surface area contributed by atoms with Crippen LogP contribution in [0.4, 0.5) is 14.0 Å². The minimum Gasteiger partial charge on any atom is -0.460 e. The molecular weight excluding hydrogens is 597 g/mol. The fraction of sp³-hybridized carbons (Fsp3) is 0.314. The lowest BCUT2D eigenvalue weighted by Gasteiger charge is -2.23. The number of hydrogen-bond acceptors (Lipinski definition) is 9. The Morgan fingerprint density at radius 2 is 1.43 bits per heavy atom. The monoisotopic (exact) mass is 633 g/mol. The van der Waals surface area contributed by atoms with Crippen molar-refractivity contribution < 1.29 is 42.1 Å². The molecule has 0 aliphatic heterocycles. The number of fused-ring (bicyclic) bond motifs is 1. The zero-order valence-electron chi connectivity index (χ0n) is 26.7. The number of amides is 1. The third kappa shape index (κ3) is 9.16. The van der Waals surface area contributed by atoms with Crippen molar-refractivity contribution in [3.05, 3.63) is 94.1 Å². The van der Waals surface area contributed by atoms with Gasteiger partial charge < -0.3 is 28.7 Å². The quantitative estimate of drug-likeness (QED) is 0.127. The summed E-state index contributed by atoms with van der Waals surface area (Å²) < 4.78 is 40.7. The third-order valence-corrected chi connectivity index (χ3v) is 6.32. The SMILES string of the molecule is Cc1oc2cc(OC(=O)[C@@H](Cc3ccc(OC(=O)OC(C)(C)C)cc3)NC(=O)OC(C)(C)C)ccc2c(=O)c1-c1ccc(F)cc1. The topological polar surface area (TPSA) is 130 Å². The molecule has 1 N–H and O–H groups in total. The van der Waals surface area contributed by atoms with Crippen molar-refractivity contribution in [2.75, 3.05) is 0 Å². The van der Waals surface area contributed by atoms with Gasteiger partial charge in [0.1, 0.15) is 45.9 Å². The molecule has 4 aromatic rings. The minimum absolute atomic E-state index is 0.00754. The van der Waals surface area contributed by atoms with Crippen LogP contribution in [0.2, 0.25) is 0 Å². The van der Waals surface area contributed by atoms with Gasteiger partial charge in [-0.3, -0.25) is 4.79 Å². The minimum atomic E-state index is -1.18. The average molecular weight is 634 g/mol. The van der Waals surface area contributed by atoms with E-state index < -0.39 is 41.3 Å². The summed E-state index contributed by atoms with van der Waals surface area (Å²) in [6, 6.07) is 15.0. The number of carbonyl (C=O) groups excluding carboxylic acids is 3. The largest absolute Gasteiger partial charge is 0.514 e. The maximum Gasteiger partial charge on any atom is 0.514 e. The summed E-state index contributed by atoms with van der Waals surface area (Å²) >= 11 is 0. The van der Waals surface area contributed by atoms with Crippen LogP contribution in [0.25, 0.3) is 22.1 Å². The molecule has 0 bridgehead atoms. The van der Waals surface area contributed by atoms with Gasteiger partial charge in [0.25, 0.3) is 0 Å². The van der Waals surface area contributed by atoms with Crippen LogP contribution in [0.1, 0.15) is 52.9 Å². The van der Waals surface area contributed by atoms with Crippen LogP contribution < -0.4 is 20.2 Å². The Morgan fingerprint density at radius 3 is 2.04 bits per heavy atom. The van der Waals surface area contributed by atoms with E-state index in [4.69, 9.17) is 23.4 Å². The van der Waals surface area contributed by atoms with E-state index in [9.17, 15) is 23.6 Å². The fourth-order valence-electron chi connectivity index (χ4n) is 4.43. The zero-order chi connectivity index (χ0) is 33.8. The maximum atomic E-state index is 13.4. The zero-order valence-corrected chi connectivity index (χ0v) is 26.7. The molecule has 0 spiro atoms. The lowest BCUT2D eigenvalue weighted by atomic mass is 10.0. The molecule has 11 heteroatoms. The van der Waals surface area contributed by atoms with Crippen LogP contribution in [-0.4, -0.2) is 35.5 Å². The molecule has 4 rings (SSSR count). The molecule has 1 aromatic heterocycles. The molecule has 1 heterocycles. The molecule has 1 amide bonds. The number of aryl methyl sites for hydroxylation is 1. The van der Waals surface area contributed by atoms with E-state index in [0.717, 1.165) is 0 Å². The Bertz CT molecular complexity index is 1800. The van der Waals surface area contributed by atoms with Gasteiger partial charge in [-0.2, -0.15) is 0 Å². The molecule has 1 atom stereocenters. The second-order valence-electron chi connectivity index (χ2n) is 12.6. The predicted octanol–water partition coefficient (Wildman–Crippen LogP) is 7.26. The number of hydrogen-bond donors (Lipinski definition) is 1. The third-order valence-electron chi connectivity index (χ3n) is 6.32. The van der Waals surface area contributed by atoms with Crippen molar-refractivity contribution in [2.24, 2.45) is 0 Å². The molecule has 0 aliphatic rings. The first-order valence-corrected chi connectivity index (χ1v) is 14.5. The van der Waals surface area contributed by atoms with E-state index in [1.807, 2.05) is 0 Å². The Morgan fingerprint density at radius 1 is 0.826 bits per heavy atom. The Hall–Kier alpha value is -5.19. The standard InChI is InChI=1S/C35H36FNO9/c1-20-29(22-10-12-23(36)13-11-22)30(38)26-17-16-25(19-28(26)42-20)43-31(39)27(37-32(40)45-34(2,3)4)18-21-8-14-24(15-9-21)44-33(41)46-35(5,6)7/h8-17,19,27H,18H2,1-7H3,(H,37,40)/t27-/m1/s1. The molecule has 0 saturated heterocycles. The Kier molecular flexibility index (Phi) is 9.84. The van der Waals surface area contributed by atoms with Gasteiger partial charge in [0.2, 0.25) is 5.43 Å². The van der Waals surface area contributed by atoms with E-state index in [1.54, 1.807) is 60.6 Å². The van der Waals surface area contributed by atoms with E-state index >= 15 is 0 Å². The first-order chi connectivity index (χ1) is 21.5. The molecule has 0 unspecified atom stereocenters. The van der Waals surface area contributed by atoms with Crippen LogP contribution in [0.15, 0.2) is 75.9 Å². The van der Waals surface area contributed by atoms with Crippen molar-refractivity contribution in [3.8, 4) is 22.6 Å². The summed E-state index contributed by atoms with van der Waals surface area (Å²) in [6.45, 7) is 11.8.